The van der Waals surface area contributed by atoms with Gasteiger partial charge in [-0.3, -0.25) is 71.9 Å². The van der Waals surface area contributed by atoms with E-state index in [9.17, 15) is 111 Å². The van der Waals surface area contributed by atoms with Crippen LogP contribution in [0.2, 0.25) is 0 Å². The number of phenols is 2. The fourth-order valence-corrected chi connectivity index (χ4v) is 12.5. The molecule has 0 saturated carbocycles. The average Bonchev–Trinajstić information content (AvgIpc) is 0.898. The summed E-state index contributed by atoms with van der Waals surface area (Å²) >= 11 is 5.49. The summed E-state index contributed by atoms with van der Waals surface area (Å²) in [5.74, 6) is -22.4. The molecule has 590 valence electrons. The second-order valence-electron chi connectivity index (χ2n) is 26.3. The molecule has 7 rings (SSSR count). The molecule has 0 unspecified atom stereocenters. The number of nitrogens with two attached hydrogens (primary N) is 2. The number of hydrogen-bond donors (Lipinski definition) is 18. The van der Waals surface area contributed by atoms with Gasteiger partial charge in [-0.05, 0) is 118 Å². The lowest BCUT2D eigenvalue weighted by Gasteiger charge is -2.36. The number of carbonyl (C=O) groups is 16. The third kappa shape index (κ3) is 22.5. The van der Waals surface area contributed by atoms with Crippen LogP contribution in [0.4, 0.5) is 14.5 Å². The molecule has 1 saturated heterocycles. The maximum absolute atomic E-state index is 14.6. The predicted octanol–water partition coefficient (Wildman–Crippen LogP) is -1.50. The molecule has 40 heteroatoms. The summed E-state index contributed by atoms with van der Waals surface area (Å²) in [5.41, 5.74) is 11.0. The zero-order valence-corrected chi connectivity index (χ0v) is 60.3. The number of aliphatic carboxylic acids is 3. The minimum absolute atomic E-state index is 0.0944. The van der Waals surface area contributed by atoms with E-state index in [1.54, 1.807) is 38.1 Å². The number of halogens is 2. The maximum Gasteiger partial charge on any atom is 0.340 e. The molecule has 12 amide bonds. The van der Waals surface area contributed by atoms with Gasteiger partial charge in [-0.1, -0.05) is 26.0 Å². The first-order chi connectivity index (χ1) is 51.8. The molecule has 4 aromatic rings. The van der Waals surface area contributed by atoms with E-state index in [0.29, 0.717) is 40.9 Å². The summed E-state index contributed by atoms with van der Waals surface area (Å²) < 4.78 is 40.8. The second-order valence-corrected chi connectivity index (χ2v) is 26.7. The molecule has 4 aromatic carbocycles. The first-order valence-corrected chi connectivity index (χ1v) is 34.7. The monoisotopic (exact) mass is 1560 g/mol. The Morgan fingerprint density at radius 2 is 1.15 bits per heavy atom. The molecule has 0 bridgehead atoms. The van der Waals surface area contributed by atoms with Crippen LogP contribution in [0, 0.1) is 17.6 Å². The Morgan fingerprint density at radius 1 is 0.609 bits per heavy atom. The number of esters is 1. The summed E-state index contributed by atoms with van der Waals surface area (Å²) in [7, 11) is 0. The van der Waals surface area contributed by atoms with Gasteiger partial charge in [0.2, 0.25) is 70.9 Å². The SMILES string of the molecule is CC(=O)N[C@H](C(=O)N1CCC[C@H]1C(=O)NCC(=O)N[C@@H](CCC(N)=O)C(=O)N[C@@H](Cc1ccc(F)c(F)c1)C(=O)N[C@@H](CC(=O)O)C(=O)N[C@@H](CC(=O)O)C(=O)N[C@@H](C)C(=O)N[C@@H](CC(=O)O)C(=O)N[C@@H](CCCCNC(=S)Nc1ccc2c(c1)C(=O)OC21c2ccc(O)cc2Oc2cc(O)ccc21)C(N)=O)C(C)C. The van der Waals surface area contributed by atoms with E-state index in [1.807, 2.05) is 10.6 Å². The Balaban J connectivity index is 0.943. The number of ether oxygens (including phenoxy) is 2. The fraction of sp³-hybridized carbons (Fsp3) is 0.414. The van der Waals surface area contributed by atoms with E-state index in [-0.39, 0.29) is 83.9 Å². The molecule has 110 heavy (non-hydrogen) atoms. The number of phenolic OH excluding ortho intramolecular Hbond substituents is 2. The Morgan fingerprint density at radius 3 is 1.69 bits per heavy atom. The van der Waals surface area contributed by atoms with Gasteiger partial charge < -0.3 is 110 Å². The first-order valence-electron chi connectivity index (χ1n) is 34.3. The van der Waals surface area contributed by atoms with Gasteiger partial charge in [0.25, 0.3) is 0 Å². The lowest BCUT2D eigenvalue weighted by atomic mass is 9.77. The largest absolute Gasteiger partial charge is 0.508 e. The molecular weight excluding hydrogens is 1470 g/mol. The number of rotatable bonds is 37. The van der Waals surface area contributed by atoms with Gasteiger partial charge in [0, 0.05) is 67.4 Å². The van der Waals surface area contributed by atoms with E-state index >= 15 is 0 Å². The van der Waals surface area contributed by atoms with Crippen LogP contribution in [0.3, 0.4) is 0 Å². The number of primary amides is 2. The number of thiocarbonyl (C=S) groups is 1. The topological polar surface area (TPSA) is 580 Å². The van der Waals surface area contributed by atoms with Crippen molar-refractivity contribution in [2.75, 3.05) is 25.0 Å². The van der Waals surface area contributed by atoms with Crippen molar-refractivity contribution < 1.29 is 120 Å². The minimum Gasteiger partial charge on any atom is -0.508 e. The van der Waals surface area contributed by atoms with Crippen molar-refractivity contribution in [1.82, 2.24) is 58.1 Å². The van der Waals surface area contributed by atoms with Crippen LogP contribution < -0.4 is 74.7 Å². The molecule has 9 atom stereocenters. The van der Waals surface area contributed by atoms with Crippen LogP contribution in [0.25, 0.3) is 0 Å². The van der Waals surface area contributed by atoms with Crippen molar-refractivity contribution in [3.63, 3.8) is 0 Å². The quantitative estimate of drug-likeness (QED) is 0.0139. The van der Waals surface area contributed by atoms with Gasteiger partial charge in [-0.2, -0.15) is 0 Å². The highest BCUT2D eigenvalue weighted by atomic mass is 32.1. The summed E-state index contributed by atoms with van der Waals surface area (Å²) in [6.07, 6.45) is -4.92. The Kier molecular flexibility index (Phi) is 29.0. The molecule has 0 radical (unpaired) electrons. The van der Waals surface area contributed by atoms with Crippen molar-refractivity contribution in [1.29, 1.82) is 0 Å². The van der Waals surface area contributed by atoms with E-state index in [1.165, 1.54) is 42.2 Å². The standard InChI is InChI=1S/C70H82F2N14O23S/c1-31(2)58(78-33(4)87)67(106)86-21-7-9-50(86)66(105)76-30-54(91)80-45(18-19-53(73)90)61(100)83-46(23-34-10-17-42(71)43(72)22-34)63(102)85-49(29-57(96)97)65(104)84-47(27-55(92)93)62(101)77-32(3)60(99)82-48(28-56(94)95)64(103)81-44(59(74)98)8-5-6-20-75-69(110)79-35-11-14-39-38(24-35)68(107)109-70(39)40-15-12-36(88)25-51(40)108-52-26-37(89)13-16-41(52)70/h10-17,22,24-26,31-32,44-50,58,88-89H,5-9,18-21,23,27-30H2,1-4H3,(H2,73,90)(H2,74,98)(H,76,105)(H,77,101)(H,78,87)(H,80,91)(H,81,103)(H,82,99)(H,83,100)(H,84,104)(H,85,102)(H,92,93)(H,94,95)(H,96,97)(H2,75,79,110)/t32-,44-,45-,46-,47-,48-,49-,50-,58-/m0/s1. The number of nitrogens with zero attached hydrogens (tertiary/aromatic N) is 1. The Labute approximate surface area is 629 Å². The van der Waals surface area contributed by atoms with E-state index in [2.05, 4.69) is 47.9 Å². The molecule has 1 spiro atoms. The number of carbonyl (C=O) groups excluding carboxylic acids is 13. The van der Waals surface area contributed by atoms with Crippen molar-refractivity contribution in [2.45, 2.75) is 158 Å². The van der Waals surface area contributed by atoms with Crippen LogP contribution in [0.15, 0.2) is 72.8 Å². The van der Waals surface area contributed by atoms with Gasteiger partial charge in [-0.15, -0.1) is 0 Å². The zero-order chi connectivity index (χ0) is 81.2. The fourth-order valence-electron chi connectivity index (χ4n) is 12.2. The summed E-state index contributed by atoms with van der Waals surface area (Å²) in [5, 5.41) is 75.8. The molecule has 3 heterocycles. The molecule has 0 aliphatic carbocycles. The number of hydrogen-bond acceptors (Lipinski definition) is 21. The van der Waals surface area contributed by atoms with Crippen LogP contribution in [0.1, 0.15) is 125 Å². The highest BCUT2D eigenvalue weighted by molar-refractivity contribution is 7.80. The lowest BCUT2D eigenvalue weighted by Crippen LogP contribution is -2.60. The van der Waals surface area contributed by atoms with Gasteiger partial charge in [0.15, 0.2) is 22.3 Å². The Hall–Kier alpha value is -12.7. The Bertz CT molecular complexity index is 4270. The number of likely N-dealkylation sites (tertiary alicyclic amines) is 1. The van der Waals surface area contributed by atoms with Gasteiger partial charge >= 0.3 is 23.9 Å². The van der Waals surface area contributed by atoms with Crippen LogP contribution in [-0.4, -0.2) is 204 Å². The molecule has 0 aromatic heterocycles. The number of carboxylic acid groups (broad SMARTS) is 3. The van der Waals surface area contributed by atoms with Gasteiger partial charge in [0.05, 0.1) is 31.4 Å². The summed E-state index contributed by atoms with van der Waals surface area (Å²) in [4.78, 5) is 211. The van der Waals surface area contributed by atoms with Crippen LogP contribution in [0.5, 0.6) is 23.0 Å². The van der Waals surface area contributed by atoms with Crippen molar-refractivity contribution in [2.24, 2.45) is 17.4 Å². The van der Waals surface area contributed by atoms with Crippen molar-refractivity contribution in [3.05, 3.63) is 112 Å². The first kappa shape index (κ1) is 84.6. The summed E-state index contributed by atoms with van der Waals surface area (Å²) in [6.45, 7) is 5.00. The normalized spacial score (nSPS) is 15.7. The third-order valence-electron chi connectivity index (χ3n) is 17.6. The molecule has 3 aliphatic rings. The van der Waals surface area contributed by atoms with Crippen molar-refractivity contribution >= 4 is 118 Å². The number of nitrogens with one attached hydrogen (secondary N) is 11. The van der Waals surface area contributed by atoms with Crippen molar-refractivity contribution in [3.8, 4) is 23.0 Å². The summed E-state index contributed by atoms with van der Waals surface area (Å²) in [6, 6.07) is -0.0728. The minimum atomic E-state index is -2.30. The van der Waals surface area contributed by atoms with E-state index < -0.39 is 211 Å². The number of anilines is 1. The van der Waals surface area contributed by atoms with Gasteiger partial charge in [-0.25, -0.2) is 13.6 Å². The highest BCUT2D eigenvalue weighted by Crippen LogP contribution is 2.57. The molecule has 37 nitrogen and oxygen atoms in total. The van der Waals surface area contributed by atoms with Crippen LogP contribution in [-0.2, 0) is 88.7 Å². The molecule has 20 N–H and O–H groups in total. The smallest absolute Gasteiger partial charge is 0.340 e. The number of carboxylic acids is 3. The molecule has 1 fully saturated rings. The maximum atomic E-state index is 14.6. The number of amides is 12. The second kappa shape index (κ2) is 37.7. The number of aromatic hydroxyl groups is 2. The van der Waals surface area contributed by atoms with E-state index in [0.717, 1.165) is 13.0 Å². The molecule has 3 aliphatic heterocycles. The number of benzene rings is 4. The van der Waals surface area contributed by atoms with Gasteiger partial charge in [0.1, 0.15) is 77.4 Å². The third-order valence-corrected chi connectivity index (χ3v) is 17.9. The highest BCUT2D eigenvalue weighted by Gasteiger charge is 2.54. The van der Waals surface area contributed by atoms with Crippen LogP contribution >= 0.6 is 12.2 Å². The molecular formula is C70H82F2N14O23S. The van der Waals surface area contributed by atoms with E-state index in [4.69, 9.17) is 33.2 Å². The number of fused-ring (bicyclic) bond motifs is 6. The predicted molar refractivity (Wildman–Crippen MR) is 380 cm³/mol. The number of unbranched alkanes of at least 4 members (excludes halogenated alkanes) is 1. The average molecular weight is 1560 g/mol. The zero-order valence-electron chi connectivity index (χ0n) is 59.5. The lowest BCUT2D eigenvalue weighted by molar-refractivity contribution is -0.143.